The van der Waals surface area contributed by atoms with Crippen LogP contribution in [0.3, 0.4) is 0 Å². The fraction of sp³-hybridized carbons (Fsp3) is 0.452. The molecule has 41 heavy (non-hydrogen) atoms. The van der Waals surface area contributed by atoms with Crippen LogP contribution in [0.25, 0.3) is 10.8 Å². The van der Waals surface area contributed by atoms with Crippen molar-refractivity contribution in [1.82, 2.24) is 20.2 Å². The molecule has 3 aromatic rings. The second-order valence-corrected chi connectivity index (χ2v) is 11.2. The Morgan fingerprint density at radius 2 is 1.85 bits per heavy atom. The monoisotopic (exact) mass is 556 g/mol. The van der Waals surface area contributed by atoms with Crippen molar-refractivity contribution in [2.24, 2.45) is 0 Å². The van der Waals surface area contributed by atoms with Crippen LogP contribution in [-0.2, 0) is 20.9 Å². The van der Waals surface area contributed by atoms with Crippen LogP contribution in [0.15, 0.2) is 42.7 Å². The highest BCUT2D eigenvalue weighted by Crippen LogP contribution is 2.43. The minimum absolute atomic E-state index is 0.0253. The van der Waals surface area contributed by atoms with Crippen LogP contribution in [0.1, 0.15) is 60.0 Å². The molecule has 2 aromatic carbocycles. The molecule has 1 unspecified atom stereocenters. The third-order valence-electron chi connectivity index (χ3n) is 8.63. The van der Waals surface area contributed by atoms with Crippen molar-refractivity contribution in [3.8, 4) is 0 Å². The number of nitrogens with one attached hydrogen (secondary N) is 1. The minimum Gasteiger partial charge on any atom is -0.378 e. The van der Waals surface area contributed by atoms with Crippen molar-refractivity contribution in [2.45, 2.75) is 51.1 Å². The molecule has 0 saturated carbocycles. The lowest BCUT2D eigenvalue weighted by Crippen LogP contribution is -2.37. The van der Waals surface area contributed by atoms with E-state index in [0.29, 0.717) is 18.7 Å². The van der Waals surface area contributed by atoms with E-state index >= 15 is 0 Å². The molecule has 6 rings (SSSR count). The Labute approximate surface area is 239 Å². The Kier molecular flexibility index (Phi) is 7.93. The smallest absolute Gasteiger partial charge is 0.259 e. The molecule has 3 aliphatic rings. The van der Waals surface area contributed by atoms with Crippen LogP contribution in [0.4, 0.5) is 11.6 Å². The van der Waals surface area contributed by atoms with E-state index in [2.05, 4.69) is 37.2 Å². The number of morpholine rings is 1. The predicted octanol–water partition coefficient (Wildman–Crippen LogP) is 3.25. The summed E-state index contributed by atoms with van der Waals surface area (Å²) in [4.78, 5) is 51.5. The molecule has 0 radical (unpaired) electrons. The zero-order valence-electron chi connectivity index (χ0n) is 23.4. The number of ether oxygens (including phenoxy) is 1. The summed E-state index contributed by atoms with van der Waals surface area (Å²) in [5.74, 6) is 0.838. The van der Waals surface area contributed by atoms with Gasteiger partial charge in [0.25, 0.3) is 5.91 Å². The summed E-state index contributed by atoms with van der Waals surface area (Å²) < 4.78 is 5.42. The number of hydrogen-bond acceptors (Lipinski definition) is 8. The van der Waals surface area contributed by atoms with Gasteiger partial charge in [-0.15, -0.1) is 0 Å². The number of rotatable bonds is 9. The van der Waals surface area contributed by atoms with E-state index in [4.69, 9.17) is 4.74 Å². The van der Waals surface area contributed by atoms with E-state index in [1.807, 2.05) is 42.4 Å². The van der Waals surface area contributed by atoms with Crippen molar-refractivity contribution in [2.75, 3.05) is 49.2 Å². The number of carbonyl (C=O) groups excluding carboxylic acids is 3. The number of nitrogens with zero attached hydrogens (tertiary/aromatic N) is 5. The van der Waals surface area contributed by atoms with Gasteiger partial charge in [-0.05, 0) is 68.3 Å². The Morgan fingerprint density at radius 3 is 2.59 bits per heavy atom. The first-order valence-electron chi connectivity index (χ1n) is 14.5. The van der Waals surface area contributed by atoms with Crippen molar-refractivity contribution >= 4 is 40.6 Å². The Balaban J connectivity index is 1.12. The number of likely N-dealkylation sites (tertiary alicyclic amines) is 1. The third kappa shape index (κ3) is 5.54. The van der Waals surface area contributed by atoms with Gasteiger partial charge in [-0.25, -0.2) is 9.97 Å². The molecular formula is C31H36N6O4. The summed E-state index contributed by atoms with van der Waals surface area (Å²) in [5.41, 5.74) is 4.06. The number of amides is 3. The highest BCUT2D eigenvalue weighted by molar-refractivity contribution is 6.25. The SMILES string of the molecule is CC(CCC(=O)NC=O)N1C(=O)c2ccc(C3CCN(Cc4cnc(N5CCOCC5)nc4)CC3)c3cccc1c23. The van der Waals surface area contributed by atoms with E-state index in [-0.39, 0.29) is 24.3 Å². The fourth-order valence-electron chi connectivity index (χ4n) is 6.45. The Morgan fingerprint density at radius 1 is 1.10 bits per heavy atom. The summed E-state index contributed by atoms with van der Waals surface area (Å²) >= 11 is 0. The van der Waals surface area contributed by atoms with Crippen molar-refractivity contribution in [1.29, 1.82) is 0 Å². The number of aromatic nitrogens is 2. The molecule has 0 bridgehead atoms. The van der Waals surface area contributed by atoms with Gasteiger partial charge < -0.3 is 14.5 Å². The molecule has 10 heteroatoms. The van der Waals surface area contributed by atoms with Crippen LogP contribution in [0.2, 0.25) is 0 Å². The molecule has 4 heterocycles. The Hall–Kier alpha value is -3.89. The molecule has 3 amide bonds. The number of hydrogen-bond donors (Lipinski definition) is 1. The van der Waals surface area contributed by atoms with Crippen LogP contribution in [0, 0.1) is 0 Å². The third-order valence-corrected chi connectivity index (χ3v) is 8.63. The molecule has 0 spiro atoms. The van der Waals surface area contributed by atoms with Gasteiger partial charge in [0, 0.05) is 61.0 Å². The zero-order chi connectivity index (χ0) is 28.3. The van der Waals surface area contributed by atoms with Crippen molar-refractivity contribution in [3.05, 3.63) is 59.4 Å². The molecule has 2 fully saturated rings. The van der Waals surface area contributed by atoms with Gasteiger partial charge in [0.15, 0.2) is 0 Å². The van der Waals surface area contributed by atoms with Gasteiger partial charge >= 0.3 is 0 Å². The molecule has 214 valence electrons. The lowest BCUT2D eigenvalue weighted by molar-refractivity contribution is -0.125. The number of imide groups is 1. The highest BCUT2D eigenvalue weighted by atomic mass is 16.5. The van der Waals surface area contributed by atoms with Crippen LogP contribution in [0.5, 0.6) is 0 Å². The van der Waals surface area contributed by atoms with E-state index in [1.165, 1.54) is 5.56 Å². The van der Waals surface area contributed by atoms with Gasteiger partial charge in [0.2, 0.25) is 18.3 Å². The average Bonchev–Trinajstić information content (AvgIpc) is 3.30. The van der Waals surface area contributed by atoms with Crippen molar-refractivity contribution in [3.63, 3.8) is 0 Å². The standard InChI is InChI=1S/C31H36N6O4/c1-21(5-8-28(39)34-20-38)37-27-4-2-3-25-24(6-7-26(29(25)27)30(37)40)23-9-11-35(12-10-23)19-22-17-32-31(33-18-22)36-13-15-41-16-14-36/h2-4,6-7,17-18,20-21,23H,5,8-16,19H2,1H3,(H,34,38,39). The van der Waals surface area contributed by atoms with Crippen LogP contribution in [-0.4, -0.2) is 78.5 Å². The predicted molar refractivity (Wildman–Crippen MR) is 156 cm³/mol. The number of carbonyl (C=O) groups is 3. The largest absolute Gasteiger partial charge is 0.378 e. The summed E-state index contributed by atoms with van der Waals surface area (Å²) in [5, 5.41) is 4.33. The average molecular weight is 557 g/mol. The maximum absolute atomic E-state index is 13.4. The summed E-state index contributed by atoms with van der Waals surface area (Å²) in [6.45, 7) is 7.87. The molecule has 2 saturated heterocycles. The van der Waals surface area contributed by atoms with E-state index in [9.17, 15) is 14.4 Å². The molecular weight excluding hydrogens is 520 g/mol. The first-order valence-corrected chi connectivity index (χ1v) is 14.5. The molecule has 0 aliphatic carbocycles. The zero-order valence-corrected chi connectivity index (χ0v) is 23.4. The molecule has 10 nitrogen and oxygen atoms in total. The maximum atomic E-state index is 13.4. The number of piperidine rings is 1. The van der Waals surface area contributed by atoms with Gasteiger partial charge in [-0.2, -0.15) is 0 Å². The quantitative estimate of drug-likeness (QED) is 0.401. The highest BCUT2D eigenvalue weighted by Gasteiger charge is 2.34. The number of anilines is 2. The second kappa shape index (κ2) is 11.9. The lowest BCUT2D eigenvalue weighted by atomic mass is 9.85. The van der Waals surface area contributed by atoms with Gasteiger partial charge in [0.05, 0.1) is 18.9 Å². The summed E-state index contributed by atoms with van der Waals surface area (Å²) in [6, 6.07) is 10.1. The first-order chi connectivity index (χ1) is 20.0. The van der Waals surface area contributed by atoms with Gasteiger partial charge in [-0.3, -0.25) is 24.6 Å². The Bertz CT molecular complexity index is 1430. The van der Waals surface area contributed by atoms with Crippen molar-refractivity contribution < 1.29 is 19.1 Å². The van der Waals surface area contributed by atoms with E-state index < -0.39 is 0 Å². The van der Waals surface area contributed by atoms with Crippen LogP contribution < -0.4 is 15.1 Å². The molecule has 1 N–H and O–H groups in total. The van der Waals surface area contributed by atoms with E-state index in [0.717, 1.165) is 92.3 Å². The molecule has 1 aromatic heterocycles. The minimum atomic E-state index is -0.333. The molecule has 1 atom stereocenters. The fourth-order valence-corrected chi connectivity index (χ4v) is 6.45. The number of benzene rings is 2. The second-order valence-electron chi connectivity index (χ2n) is 11.2. The maximum Gasteiger partial charge on any atom is 0.259 e. The topological polar surface area (TPSA) is 108 Å². The lowest BCUT2D eigenvalue weighted by Gasteiger charge is -2.32. The normalized spacial score (nSPS) is 18.6. The molecule has 3 aliphatic heterocycles. The summed E-state index contributed by atoms with van der Waals surface area (Å²) in [7, 11) is 0. The van der Waals surface area contributed by atoms with E-state index in [1.54, 1.807) is 0 Å². The van der Waals surface area contributed by atoms with Crippen LogP contribution >= 0.6 is 0 Å². The summed E-state index contributed by atoms with van der Waals surface area (Å²) in [6.07, 6.45) is 7.05. The van der Waals surface area contributed by atoms with Gasteiger partial charge in [0.1, 0.15) is 0 Å². The van der Waals surface area contributed by atoms with Gasteiger partial charge in [-0.1, -0.05) is 18.2 Å². The first kappa shape index (κ1) is 27.3.